The zero-order valence-corrected chi connectivity index (χ0v) is 6.83. The molecule has 3 nitrogen and oxygen atoms in total. The van der Waals surface area contributed by atoms with Crippen LogP contribution in [-0.4, -0.2) is 25.2 Å². The minimum Gasteiger partial charge on any atom is -0.381 e. The molecule has 1 N–H and O–H groups in total. The molecule has 3 atom stereocenters. The molecule has 1 rings (SSSR count). The molecule has 1 aliphatic rings. The summed E-state index contributed by atoms with van der Waals surface area (Å²) in [6.07, 6.45) is 1.72. The van der Waals surface area contributed by atoms with Crippen LogP contribution in [0.25, 0.3) is 0 Å². The third-order valence-electron chi connectivity index (χ3n) is 2.13. The molecule has 1 saturated heterocycles. The molecule has 1 fully saturated rings. The number of amides is 1. The lowest BCUT2D eigenvalue weighted by Gasteiger charge is -2.37. The van der Waals surface area contributed by atoms with Gasteiger partial charge in [0.05, 0.1) is 18.1 Å². The highest BCUT2D eigenvalue weighted by Crippen LogP contribution is 2.21. The van der Waals surface area contributed by atoms with Gasteiger partial charge in [-0.1, -0.05) is 6.08 Å². The predicted octanol–water partition coefficient (Wildman–Crippen LogP) is 0.322. The summed E-state index contributed by atoms with van der Waals surface area (Å²) in [5, 5.41) is 2.72. The maximum absolute atomic E-state index is 11.0. The molecule has 0 aromatic heterocycles. The first-order chi connectivity index (χ1) is 5.20. The molecule has 0 saturated carbocycles. The van der Waals surface area contributed by atoms with Crippen molar-refractivity contribution in [1.82, 2.24) is 5.32 Å². The Morgan fingerprint density at radius 3 is 2.82 bits per heavy atom. The van der Waals surface area contributed by atoms with E-state index in [1.165, 1.54) is 0 Å². The predicted molar refractivity (Wildman–Crippen MR) is 42.1 cm³/mol. The van der Waals surface area contributed by atoms with Crippen LogP contribution in [0, 0.1) is 5.92 Å². The second kappa shape index (κ2) is 3.05. The van der Waals surface area contributed by atoms with Crippen molar-refractivity contribution in [3.05, 3.63) is 12.7 Å². The van der Waals surface area contributed by atoms with Crippen LogP contribution in [0.4, 0.5) is 0 Å². The summed E-state index contributed by atoms with van der Waals surface area (Å²) in [5.41, 5.74) is 0. The highest BCUT2D eigenvalue weighted by Gasteiger charge is 2.41. The van der Waals surface area contributed by atoms with E-state index in [4.69, 9.17) is 4.74 Å². The Balaban J connectivity index is 2.54. The average molecular weight is 155 g/mol. The van der Waals surface area contributed by atoms with Gasteiger partial charge in [-0.25, -0.2) is 0 Å². The van der Waals surface area contributed by atoms with Crippen LogP contribution in [0.1, 0.15) is 6.92 Å². The number of hydrogen-bond donors (Lipinski definition) is 1. The van der Waals surface area contributed by atoms with Gasteiger partial charge in [-0.05, 0) is 6.92 Å². The lowest BCUT2D eigenvalue weighted by atomic mass is 9.86. The minimum absolute atomic E-state index is 0.0215. The first-order valence-electron chi connectivity index (χ1n) is 3.66. The van der Waals surface area contributed by atoms with Crippen molar-refractivity contribution in [2.45, 2.75) is 19.1 Å². The maximum Gasteiger partial charge on any atom is 0.228 e. The molecular formula is C8H13NO2. The Labute approximate surface area is 66.4 Å². The van der Waals surface area contributed by atoms with E-state index in [1.54, 1.807) is 13.2 Å². The standard InChI is InChI=1S/C8H13NO2/c1-4-6-7(5(2)11-3)8(10)9-6/h4-7H,1H2,2-3H3,(H,9,10). The van der Waals surface area contributed by atoms with E-state index >= 15 is 0 Å². The number of ether oxygens (including phenoxy) is 1. The average Bonchev–Trinajstić information content (AvgIpc) is 1.99. The van der Waals surface area contributed by atoms with Crippen molar-refractivity contribution in [2.75, 3.05) is 7.11 Å². The number of rotatable bonds is 3. The molecule has 0 bridgehead atoms. The number of β-lactam (4-membered cyclic amide) rings is 1. The van der Waals surface area contributed by atoms with Crippen LogP contribution < -0.4 is 5.32 Å². The van der Waals surface area contributed by atoms with Gasteiger partial charge in [0.25, 0.3) is 0 Å². The van der Waals surface area contributed by atoms with Crippen molar-refractivity contribution in [3.8, 4) is 0 Å². The second-order valence-electron chi connectivity index (χ2n) is 2.74. The topological polar surface area (TPSA) is 38.3 Å². The normalized spacial score (nSPS) is 32.0. The highest BCUT2D eigenvalue weighted by atomic mass is 16.5. The maximum atomic E-state index is 11.0. The lowest BCUT2D eigenvalue weighted by Crippen LogP contribution is -2.61. The molecule has 1 aliphatic heterocycles. The van der Waals surface area contributed by atoms with Gasteiger partial charge in [0, 0.05) is 7.11 Å². The molecule has 1 amide bonds. The second-order valence-corrected chi connectivity index (χ2v) is 2.74. The number of carbonyl (C=O) groups excluding carboxylic acids is 1. The molecule has 0 aliphatic carbocycles. The summed E-state index contributed by atoms with van der Waals surface area (Å²) < 4.78 is 5.05. The first-order valence-corrected chi connectivity index (χ1v) is 3.66. The van der Waals surface area contributed by atoms with Gasteiger partial charge in [0.2, 0.25) is 5.91 Å². The molecule has 1 heterocycles. The zero-order chi connectivity index (χ0) is 8.43. The fourth-order valence-corrected chi connectivity index (χ4v) is 1.27. The van der Waals surface area contributed by atoms with Gasteiger partial charge in [0.1, 0.15) is 0 Å². The molecule has 62 valence electrons. The van der Waals surface area contributed by atoms with Gasteiger partial charge in [-0.15, -0.1) is 6.58 Å². The molecule has 3 unspecified atom stereocenters. The monoisotopic (exact) mass is 155 g/mol. The Bertz CT molecular complexity index is 179. The van der Waals surface area contributed by atoms with E-state index in [1.807, 2.05) is 6.92 Å². The van der Waals surface area contributed by atoms with E-state index in [-0.39, 0.29) is 24.0 Å². The zero-order valence-electron chi connectivity index (χ0n) is 6.83. The van der Waals surface area contributed by atoms with E-state index in [0.29, 0.717) is 0 Å². The Morgan fingerprint density at radius 1 is 1.82 bits per heavy atom. The van der Waals surface area contributed by atoms with Crippen molar-refractivity contribution >= 4 is 5.91 Å². The van der Waals surface area contributed by atoms with Crippen LogP contribution in [0.15, 0.2) is 12.7 Å². The third-order valence-corrected chi connectivity index (χ3v) is 2.13. The molecule has 0 radical (unpaired) electrons. The molecule has 0 aromatic carbocycles. The van der Waals surface area contributed by atoms with Crippen molar-refractivity contribution in [2.24, 2.45) is 5.92 Å². The van der Waals surface area contributed by atoms with Gasteiger partial charge >= 0.3 is 0 Å². The summed E-state index contributed by atoms with van der Waals surface area (Å²) in [6.45, 7) is 5.50. The van der Waals surface area contributed by atoms with E-state index < -0.39 is 0 Å². The van der Waals surface area contributed by atoms with Crippen LogP contribution >= 0.6 is 0 Å². The largest absolute Gasteiger partial charge is 0.381 e. The smallest absolute Gasteiger partial charge is 0.228 e. The number of nitrogens with one attached hydrogen (secondary N) is 1. The quantitative estimate of drug-likeness (QED) is 0.471. The fourth-order valence-electron chi connectivity index (χ4n) is 1.27. The van der Waals surface area contributed by atoms with Crippen LogP contribution in [-0.2, 0) is 9.53 Å². The molecule has 3 heteroatoms. The Hall–Kier alpha value is -0.830. The summed E-state index contributed by atoms with van der Waals surface area (Å²) >= 11 is 0. The summed E-state index contributed by atoms with van der Waals surface area (Å²) in [4.78, 5) is 11.0. The van der Waals surface area contributed by atoms with Gasteiger partial charge in [0.15, 0.2) is 0 Å². The summed E-state index contributed by atoms with van der Waals surface area (Å²) in [5.74, 6) is 0.0155. The summed E-state index contributed by atoms with van der Waals surface area (Å²) in [6, 6.07) is 0.0949. The minimum atomic E-state index is -0.0440. The number of carbonyl (C=O) groups is 1. The molecule has 0 aromatic rings. The third kappa shape index (κ3) is 1.28. The van der Waals surface area contributed by atoms with Crippen molar-refractivity contribution in [1.29, 1.82) is 0 Å². The van der Waals surface area contributed by atoms with E-state index in [0.717, 1.165) is 0 Å². The van der Waals surface area contributed by atoms with Crippen molar-refractivity contribution in [3.63, 3.8) is 0 Å². The van der Waals surface area contributed by atoms with Crippen molar-refractivity contribution < 1.29 is 9.53 Å². The Kier molecular flexibility index (Phi) is 2.29. The first kappa shape index (κ1) is 8.27. The number of methoxy groups -OCH3 is 1. The molecular weight excluding hydrogens is 142 g/mol. The van der Waals surface area contributed by atoms with Crippen LogP contribution in [0.2, 0.25) is 0 Å². The fraction of sp³-hybridized carbons (Fsp3) is 0.625. The van der Waals surface area contributed by atoms with Gasteiger partial charge in [-0.3, -0.25) is 4.79 Å². The van der Waals surface area contributed by atoms with E-state index in [9.17, 15) is 4.79 Å². The van der Waals surface area contributed by atoms with Crippen LogP contribution in [0.3, 0.4) is 0 Å². The van der Waals surface area contributed by atoms with E-state index in [2.05, 4.69) is 11.9 Å². The Morgan fingerprint density at radius 2 is 2.45 bits per heavy atom. The number of hydrogen-bond acceptors (Lipinski definition) is 2. The SMILES string of the molecule is C=CC1NC(=O)C1C(C)OC. The lowest BCUT2D eigenvalue weighted by molar-refractivity contribution is -0.139. The van der Waals surface area contributed by atoms with Crippen LogP contribution in [0.5, 0.6) is 0 Å². The molecule has 0 spiro atoms. The van der Waals surface area contributed by atoms with Gasteiger partial charge < -0.3 is 10.1 Å². The van der Waals surface area contributed by atoms with Gasteiger partial charge in [-0.2, -0.15) is 0 Å². The highest BCUT2D eigenvalue weighted by molar-refractivity contribution is 5.87. The molecule has 11 heavy (non-hydrogen) atoms. The summed E-state index contributed by atoms with van der Waals surface area (Å²) in [7, 11) is 1.61.